The van der Waals surface area contributed by atoms with Crippen LogP contribution in [0.5, 0.6) is 0 Å². The Morgan fingerprint density at radius 3 is 2.42 bits per heavy atom. The first-order valence-electron chi connectivity index (χ1n) is 10.6. The summed E-state index contributed by atoms with van der Waals surface area (Å²) in [7, 11) is 0. The Labute approximate surface area is 188 Å². The van der Waals surface area contributed by atoms with Crippen LogP contribution < -0.4 is 5.32 Å². The lowest BCUT2D eigenvalue weighted by Gasteiger charge is -2.24. The molecule has 2 heterocycles. The second-order valence-corrected chi connectivity index (χ2v) is 7.96. The fourth-order valence-electron chi connectivity index (χ4n) is 3.74. The van der Waals surface area contributed by atoms with Crippen LogP contribution in [0.15, 0.2) is 28.9 Å². The van der Waals surface area contributed by atoms with Gasteiger partial charge in [0.15, 0.2) is 5.82 Å². The van der Waals surface area contributed by atoms with Gasteiger partial charge in [-0.15, -0.1) is 0 Å². The molecule has 2 aromatic rings. The van der Waals surface area contributed by atoms with E-state index in [-0.39, 0.29) is 11.8 Å². The number of aliphatic carboxylic acids is 2. The van der Waals surface area contributed by atoms with E-state index in [1.807, 2.05) is 18.2 Å². The number of carboxylic acid groups (broad SMARTS) is 2. The Morgan fingerprint density at radius 1 is 1.15 bits per heavy atom. The van der Waals surface area contributed by atoms with E-state index < -0.39 is 18.1 Å². The lowest BCUT2D eigenvalue weighted by atomic mass is 9.79. The van der Waals surface area contributed by atoms with Crippen molar-refractivity contribution >= 4 is 17.8 Å². The molecule has 12 heteroatoms. The molecule has 1 aliphatic rings. The van der Waals surface area contributed by atoms with Crippen molar-refractivity contribution in [1.82, 2.24) is 15.1 Å². The van der Waals surface area contributed by atoms with Crippen molar-refractivity contribution in [1.29, 1.82) is 0 Å². The highest BCUT2D eigenvalue weighted by molar-refractivity contribution is 5.73. The fraction of sp³-hybridized carbons (Fsp3) is 0.571. The minimum Gasteiger partial charge on any atom is -0.481 e. The molecule has 0 bridgehead atoms. The molecule has 0 atom stereocenters. The van der Waals surface area contributed by atoms with Gasteiger partial charge in [0.05, 0.1) is 6.42 Å². The number of hydrogen-bond donors (Lipinski definition) is 3. The third kappa shape index (κ3) is 9.46. The molecular weight excluding hydrogens is 445 g/mol. The Balaban J connectivity index is 0.000000479. The molecule has 0 saturated heterocycles. The highest BCUT2D eigenvalue weighted by Crippen LogP contribution is 2.43. The molecule has 3 N–H and O–H groups in total. The molecule has 0 amide bonds. The van der Waals surface area contributed by atoms with Crippen LogP contribution >= 0.6 is 0 Å². The first-order chi connectivity index (χ1) is 15.6. The number of halogens is 3. The lowest BCUT2D eigenvalue weighted by molar-refractivity contribution is -0.192. The summed E-state index contributed by atoms with van der Waals surface area (Å²) in [4.78, 5) is 28.8. The number of pyridine rings is 1. The Bertz CT molecular complexity index is 884. The molecule has 0 aromatic carbocycles. The van der Waals surface area contributed by atoms with Crippen molar-refractivity contribution in [3.05, 3.63) is 36.1 Å². The molecule has 1 aliphatic carbocycles. The quantitative estimate of drug-likeness (QED) is 0.436. The van der Waals surface area contributed by atoms with E-state index in [4.69, 9.17) is 14.4 Å². The highest BCUT2D eigenvalue weighted by atomic mass is 19.4. The molecule has 1 fully saturated rings. The number of nitrogens with one attached hydrogen (secondary N) is 1. The number of hydrogen-bond acceptors (Lipinski definition) is 7. The number of aromatic nitrogens is 3. The molecule has 0 aliphatic heterocycles. The van der Waals surface area contributed by atoms with Gasteiger partial charge in [-0.05, 0) is 43.2 Å². The van der Waals surface area contributed by atoms with E-state index >= 15 is 0 Å². The monoisotopic (exact) mass is 472 g/mol. The van der Waals surface area contributed by atoms with Gasteiger partial charge in [0.2, 0.25) is 5.89 Å². The van der Waals surface area contributed by atoms with Crippen LogP contribution in [-0.2, 0) is 22.4 Å². The summed E-state index contributed by atoms with van der Waals surface area (Å²) in [5, 5.41) is 23.7. The molecule has 9 nitrogen and oxygen atoms in total. The SMILES string of the molecule is O=C(O)C(F)(F)F.O=C(O)CC1(Cc2nc(CCCCNc3ccccn3)no2)CCCC1. The zero-order valence-electron chi connectivity index (χ0n) is 18.0. The van der Waals surface area contributed by atoms with Crippen LogP contribution in [0.1, 0.15) is 56.7 Å². The fourth-order valence-corrected chi connectivity index (χ4v) is 3.74. The number of rotatable bonds is 10. The number of nitrogens with zero attached hydrogens (tertiary/aromatic N) is 3. The Hall–Kier alpha value is -3.18. The van der Waals surface area contributed by atoms with Gasteiger partial charge in [-0.2, -0.15) is 18.2 Å². The average molecular weight is 472 g/mol. The van der Waals surface area contributed by atoms with E-state index in [1.54, 1.807) is 6.20 Å². The Morgan fingerprint density at radius 2 is 1.85 bits per heavy atom. The molecule has 0 radical (unpaired) electrons. The summed E-state index contributed by atoms with van der Waals surface area (Å²) < 4.78 is 37.1. The van der Waals surface area contributed by atoms with Crippen LogP contribution in [0.4, 0.5) is 19.0 Å². The van der Waals surface area contributed by atoms with Gasteiger partial charge in [0, 0.05) is 25.6 Å². The van der Waals surface area contributed by atoms with Gasteiger partial charge in [0.1, 0.15) is 5.82 Å². The van der Waals surface area contributed by atoms with E-state index in [0.29, 0.717) is 18.1 Å². The van der Waals surface area contributed by atoms with Gasteiger partial charge in [-0.3, -0.25) is 4.79 Å². The maximum absolute atomic E-state index is 11.2. The molecule has 182 valence electrons. The van der Waals surface area contributed by atoms with Crippen molar-refractivity contribution in [2.24, 2.45) is 5.41 Å². The first kappa shape index (κ1) is 26.1. The number of unbranched alkanes of at least 4 members (excludes halogenated alkanes) is 1. The predicted octanol–water partition coefficient (Wildman–Crippen LogP) is 4.11. The maximum Gasteiger partial charge on any atom is 0.490 e. The number of carbonyl (C=O) groups is 2. The minimum absolute atomic E-state index is 0.184. The van der Waals surface area contributed by atoms with Crippen LogP contribution in [-0.4, -0.2) is 50.0 Å². The van der Waals surface area contributed by atoms with Gasteiger partial charge >= 0.3 is 18.1 Å². The third-order valence-electron chi connectivity index (χ3n) is 5.27. The highest BCUT2D eigenvalue weighted by Gasteiger charge is 2.38. The smallest absolute Gasteiger partial charge is 0.481 e. The van der Waals surface area contributed by atoms with Gasteiger partial charge in [-0.1, -0.05) is 24.1 Å². The summed E-state index contributed by atoms with van der Waals surface area (Å²) in [6.45, 7) is 0.851. The second kappa shape index (κ2) is 12.2. The van der Waals surface area contributed by atoms with Crippen LogP contribution in [0, 0.1) is 5.41 Å². The van der Waals surface area contributed by atoms with Crippen LogP contribution in [0.25, 0.3) is 0 Å². The second-order valence-electron chi connectivity index (χ2n) is 7.96. The number of carboxylic acids is 2. The topological polar surface area (TPSA) is 138 Å². The van der Waals surface area contributed by atoms with E-state index in [1.165, 1.54) is 0 Å². The predicted molar refractivity (Wildman–Crippen MR) is 111 cm³/mol. The molecule has 3 rings (SSSR count). The number of anilines is 1. The summed E-state index contributed by atoms with van der Waals surface area (Å²) >= 11 is 0. The first-order valence-corrected chi connectivity index (χ1v) is 10.6. The zero-order valence-corrected chi connectivity index (χ0v) is 18.0. The number of aryl methyl sites for hydroxylation is 1. The zero-order chi connectivity index (χ0) is 24.3. The number of alkyl halides is 3. The normalized spacial score (nSPS) is 14.9. The molecule has 0 unspecified atom stereocenters. The van der Waals surface area contributed by atoms with Crippen molar-refractivity contribution in [2.75, 3.05) is 11.9 Å². The van der Waals surface area contributed by atoms with Crippen molar-refractivity contribution in [3.63, 3.8) is 0 Å². The molecule has 1 saturated carbocycles. The van der Waals surface area contributed by atoms with Crippen LogP contribution in [0.3, 0.4) is 0 Å². The summed E-state index contributed by atoms with van der Waals surface area (Å²) in [6, 6.07) is 5.80. The minimum atomic E-state index is -5.08. The van der Waals surface area contributed by atoms with E-state index in [2.05, 4.69) is 20.4 Å². The van der Waals surface area contributed by atoms with Crippen molar-refractivity contribution < 1.29 is 37.5 Å². The Kier molecular flexibility index (Phi) is 9.61. The van der Waals surface area contributed by atoms with E-state index in [9.17, 15) is 23.1 Å². The van der Waals surface area contributed by atoms with E-state index in [0.717, 1.165) is 57.3 Å². The van der Waals surface area contributed by atoms with Crippen LogP contribution in [0.2, 0.25) is 0 Å². The average Bonchev–Trinajstić information content (AvgIpc) is 3.37. The van der Waals surface area contributed by atoms with Crippen molar-refractivity contribution in [2.45, 2.75) is 64.0 Å². The molecule has 33 heavy (non-hydrogen) atoms. The summed E-state index contributed by atoms with van der Waals surface area (Å²) in [5.74, 6) is -1.33. The summed E-state index contributed by atoms with van der Waals surface area (Å²) in [5.41, 5.74) is -0.206. The lowest BCUT2D eigenvalue weighted by Crippen LogP contribution is -2.24. The molecule has 0 spiro atoms. The third-order valence-corrected chi connectivity index (χ3v) is 5.27. The largest absolute Gasteiger partial charge is 0.490 e. The molecule has 2 aromatic heterocycles. The maximum atomic E-state index is 11.2. The van der Waals surface area contributed by atoms with Crippen molar-refractivity contribution in [3.8, 4) is 0 Å². The molecular formula is C21H27F3N4O5. The van der Waals surface area contributed by atoms with Gasteiger partial charge in [-0.25, -0.2) is 9.78 Å². The van der Waals surface area contributed by atoms with Gasteiger partial charge < -0.3 is 20.1 Å². The summed E-state index contributed by atoms with van der Waals surface area (Å²) in [6.07, 6.45) is 4.17. The standard InChI is InChI=1S/C19H26N4O3.C2HF3O2/c24-18(25)14-19(9-3-4-10-19)13-17-22-16(23-26-17)8-2-6-12-21-15-7-1-5-11-20-15;3-2(4,5)1(6)7/h1,5,7,11H,2-4,6,8-10,12-14H2,(H,20,21)(H,24,25);(H,6,7). The van der Waals surface area contributed by atoms with Gasteiger partial charge in [0.25, 0.3) is 0 Å².